The summed E-state index contributed by atoms with van der Waals surface area (Å²) in [5.41, 5.74) is 1.33. The summed E-state index contributed by atoms with van der Waals surface area (Å²) in [6.07, 6.45) is 0.486. The zero-order valence-electron chi connectivity index (χ0n) is 18.8. The number of sulfonamides is 1. The molecule has 8 heteroatoms. The summed E-state index contributed by atoms with van der Waals surface area (Å²) in [6, 6.07) is 14.2. The zero-order chi connectivity index (χ0) is 23.1. The predicted octanol–water partition coefficient (Wildman–Crippen LogP) is 3.55. The number of piperazine rings is 1. The fourth-order valence-corrected chi connectivity index (χ4v) is 7.27. The minimum absolute atomic E-state index is 0.0312. The molecule has 32 heavy (non-hydrogen) atoms. The van der Waals surface area contributed by atoms with Gasteiger partial charge in [0.25, 0.3) is 0 Å². The second kappa shape index (κ2) is 8.48. The van der Waals surface area contributed by atoms with E-state index in [9.17, 15) is 13.2 Å². The van der Waals surface area contributed by atoms with Gasteiger partial charge in [-0.1, -0.05) is 36.4 Å². The van der Waals surface area contributed by atoms with Gasteiger partial charge in [0, 0.05) is 45.2 Å². The highest BCUT2D eigenvalue weighted by molar-refractivity contribution is 7.89. The number of rotatable bonds is 4. The van der Waals surface area contributed by atoms with Crippen molar-refractivity contribution in [2.24, 2.45) is 0 Å². The second-order valence-electron chi connectivity index (χ2n) is 9.25. The number of amides is 1. The van der Waals surface area contributed by atoms with Crippen LogP contribution in [0.4, 0.5) is 10.1 Å². The van der Waals surface area contributed by atoms with Crippen molar-refractivity contribution in [3.8, 4) is 0 Å². The molecule has 172 valence electrons. The smallest absolute Gasteiger partial charge is 0.222 e. The van der Waals surface area contributed by atoms with Crippen LogP contribution >= 0.6 is 0 Å². The molecule has 2 aliphatic rings. The van der Waals surface area contributed by atoms with Gasteiger partial charge in [0.2, 0.25) is 15.9 Å². The van der Waals surface area contributed by atoms with Crippen LogP contribution in [0.25, 0.3) is 0 Å². The molecule has 1 amide bonds. The van der Waals surface area contributed by atoms with Gasteiger partial charge in [-0.3, -0.25) is 4.79 Å². The van der Waals surface area contributed by atoms with E-state index in [0.29, 0.717) is 43.9 Å². The molecule has 0 aliphatic carbocycles. The number of hydrogen-bond donors (Lipinski definition) is 0. The first-order valence-corrected chi connectivity index (χ1v) is 12.5. The van der Waals surface area contributed by atoms with E-state index < -0.39 is 20.8 Å². The number of hydrogen-bond acceptors (Lipinski definition) is 4. The van der Waals surface area contributed by atoms with Gasteiger partial charge in [-0.15, -0.1) is 0 Å². The van der Waals surface area contributed by atoms with Crippen molar-refractivity contribution in [3.05, 3.63) is 65.5 Å². The maximum Gasteiger partial charge on any atom is 0.222 e. The number of carbonyl (C=O) groups is 1. The van der Waals surface area contributed by atoms with Crippen molar-refractivity contribution < 1.29 is 17.6 Å². The second-order valence-corrected chi connectivity index (χ2v) is 11.3. The number of benzene rings is 2. The van der Waals surface area contributed by atoms with E-state index in [1.165, 1.54) is 10.4 Å². The Morgan fingerprint density at radius 1 is 1.06 bits per heavy atom. The molecule has 0 spiro atoms. The highest BCUT2D eigenvalue weighted by Gasteiger charge is 2.50. The monoisotopic (exact) mass is 459 g/mol. The summed E-state index contributed by atoms with van der Waals surface area (Å²) in [7, 11) is -3.58. The Hall–Kier alpha value is -2.45. The molecule has 6 nitrogen and oxygen atoms in total. The van der Waals surface area contributed by atoms with Gasteiger partial charge in [-0.25, -0.2) is 12.8 Å². The van der Waals surface area contributed by atoms with Crippen LogP contribution < -0.4 is 4.90 Å². The first-order valence-electron chi connectivity index (χ1n) is 10.9. The number of carbonyl (C=O) groups excluding carboxylic acids is 1. The van der Waals surface area contributed by atoms with Crippen LogP contribution in [0.5, 0.6) is 0 Å². The molecule has 0 N–H and O–H groups in total. The number of anilines is 1. The Morgan fingerprint density at radius 3 is 2.31 bits per heavy atom. The van der Waals surface area contributed by atoms with Gasteiger partial charge in [-0.05, 0) is 43.5 Å². The SMILES string of the molecule is CC(=O)N1CCN(c2ccc(CN3C(C)(C)CC(c4ccccc4)S3(=O)=O)cc2F)CC1. The van der Waals surface area contributed by atoms with Crippen molar-refractivity contribution in [2.45, 2.75) is 44.5 Å². The van der Waals surface area contributed by atoms with E-state index in [0.717, 1.165) is 5.56 Å². The highest BCUT2D eigenvalue weighted by atomic mass is 32.2. The summed E-state index contributed by atoms with van der Waals surface area (Å²) in [5, 5.41) is -0.597. The molecule has 2 aliphatic heterocycles. The molecule has 2 aromatic rings. The lowest BCUT2D eigenvalue weighted by Gasteiger charge is -2.36. The third kappa shape index (κ3) is 4.26. The number of halogens is 1. The van der Waals surface area contributed by atoms with Crippen LogP contribution in [-0.2, 0) is 21.4 Å². The largest absolute Gasteiger partial charge is 0.366 e. The normalized spacial score (nSPS) is 22.8. The molecule has 1 unspecified atom stereocenters. The summed E-state index contributed by atoms with van der Waals surface area (Å²) in [6.45, 7) is 7.80. The summed E-state index contributed by atoms with van der Waals surface area (Å²) < 4.78 is 43.3. The summed E-state index contributed by atoms with van der Waals surface area (Å²) in [4.78, 5) is 15.2. The Labute approximate surface area is 189 Å². The first kappa shape index (κ1) is 22.7. The Bertz CT molecular complexity index is 1100. The van der Waals surface area contributed by atoms with Crippen LogP contribution in [0, 0.1) is 5.82 Å². The topological polar surface area (TPSA) is 60.9 Å². The molecule has 0 saturated carbocycles. The van der Waals surface area contributed by atoms with Crippen LogP contribution in [0.3, 0.4) is 0 Å². The lowest BCUT2D eigenvalue weighted by atomic mass is 9.95. The van der Waals surface area contributed by atoms with Crippen molar-refractivity contribution >= 4 is 21.6 Å². The van der Waals surface area contributed by atoms with Crippen LogP contribution in [0.2, 0.25) is 0 Å². The molecule has 2 aromatic carbocycles. The molecule has 2 saturated heterocycles. The highest BCUT2D eigenvalue weighted by Crippen LogP contribution is 2.46. The third-order valence-corrected chi connectivity index (χ3v) is 9.00. The third-order valence-electron chi connectivity index (χ3n) is 6.60. The van der Waals surface area contributed by atoms with E-state index in [1.807, 2.05) is 49.1 Å². The fourth-order valence-electron chi connectivity index (χ4n) is 4.75. The van der Waals surface area contributed by atoms with Gasteiger partial charge in [0.15, 0.2) is 0 Å². The first-order chi connectivity index (χ1) is 15.1. The van der Waals surface area contributed by atoms with E-state index >= 15 is 4.39 Å². The van der Waals surface area contributed by atoms with Crippen molar-refractivity contribution in [1.29, 1.82) is 0 Å². The van der Waals surface area contributed by atoms with Gasteiger partial charge >= 0.3 is 0 Å². The predicted molar refractivity (Wildman–Crippen MR) is 123 cm³/mol. The summed E-state index contributed by atoms with van der Waals surface area (Å²) >= 11 is 0. The fraction of sp³-hybridized carbons (Fsp3) is 0.458. The van der Waals surface area contributed by atoms with Gasteiger partial charge in [0.05, 0.1) is 5.69 Å². The Kier molecular flexibility index (Phi) is 6.02. The molecule has 0 aromatic heterocycles. The molecule has 2 fully saturated rings. The van der Waals surface area contributed by atoms with Gasteiger partial charge in [-0.2, -0.15) is 4.31 Å². The molecule has 0 bridgehead atoms. The van der Waals surface area contributed by atoms with Gasteiger partial charge in [0.1, 0.15) is 11.1 Å². The average Bonchev–Trinajstić information content (AvgIpc) is 2.94. The average molecular weight is 460 g/mol. The van der Waals surface area contributed by atoms with Crippen molar-refractivity contribution in [2.75, 3.05) is 31.1 Å². The molecule has 2 heterocycles. The van der Waals surface area contributed by atoms with Gasteiger partial charge < -0.3 is 9.80 Å². The van der Waals surface area contributed by atoms with E-state index in [-0.39, 0.29) is 18.3 Å². The van der Waals surface area contributed by atoms with E-state index in [1.54, 1.807) is 24.0 Å². The van der Waals surface area contributed by atoms with Crippen molar-refractivity contribution in [1.82, 2.24) is 9.21 Å². The van der Waals surface area contributed by atoms with Crippen LogP contribution in [-0.4, -0.2) is 55.2 Å². The summed E-state index contributed by atoms with van der Waals surface area (Å²) in [5.74, 6) is -0.337. The van der Waals surface area contributed by atoms with E-state index in [2.05, 4.69) is 0 Å². The number of nitrogens with zero attached hydrogens (tertiary/aromatic N) is 3. The minimum atomic E-state index is -3.58. The quantitative estimate of drug-likeness (QED) is 0.702. The Balaban J connectivity index is 1.53. The van der Waals surface area contributed by atoms with Crippen LogP contribution in [0.1, 0.15) is 43.6 Å². The minimum Gasteiger partial charge on any atom is -0.366 e. The Morgan fingerprint density at radius 2 is 1.72 bits per heavy atom. The van der Waals surface area contributed by atoms with Crippen molar-refractivity contribution in [3.63, 3.8) is 0 Å². The lowest BCUT2D eigenvalue weighted by molar-refractivity contribution is -0.129. The molecule has 0 radical (unpaired) electrons. The molecule has 1 atom stereocenters. The zero-order valence-corrected chi connectivity index (χ0v) is 19.6. The molecule has 4 rings (SSSR count). The molecular formula is C24H30FN3O3S. The lowest BCUT2D eigenvalue weighted by Crippen LogP contribution is -2.48. The standard InChI is InChI=1S/C24H30FN3O3S/c1-18(29)26-11-13-27(14-12-26)22-10-9-19(15-21(22)25)17-28-24(2,3)16-23(32(28,30)31)20-7-5-4-6-8-20/h4-10,15,23H,11-14,16-17H2,1-3H3. The molecular weight excluding hydrogens is 429 g/mol. The maximum absolute atomic E-state index is 15.0. The van der Waals surface area contributed by atoms with E-state index in [4.69, 9.17) is 0 Å². The maximum atomic E-state index is 15.0. The van der Waals surface area contributed by atoms with Crippen LogP contribution in [0.15, 0.2) is 48.5 Å².